The molecule has 128 valence electrons. The number of hydrogen-bond acceptors (Lipinski definition) is 3. The molecule has 0 aromatic heterocycles. The fourth-order valence-electron chi connectivity index (χ4n) is 2.87. The Morgan fingerprint density at radius 1 is 0.917 bits per heavy atom. The zero-order chi connectivity index (χ0) is 17.2. The van der Waals surface area contributed by atoms with Crippen molar-refractivity contribution in [3.8, 4) is 22.6 Å². The van der Waals surface area contributed by atoms with Gasteiger partial charge in [-0.15, -0.1) is 13.2 Å². The number of alkyl halides is 3. The second-order valence-corrected chi connectivity index (χ2v) is 5.85. The van der Waals surface area contributed by atoms with E-state index in [2.05, 4.69) is 4.74 Å². The molecule has 0 heterocycles. The molecule has 0 saturated heterocycles. The van der Waals surface area contributed by atoms with E-state index in [9.17, 15) is 13.2 Å². The molecule has 2 aromatic rings. The van der Waals surface area contributed by atoms with Crippen LogP contribution in [0.1, 0.15) is 25.7 Å². The third-order valence-corrected chi connectivity index (χ3v) is 4.03. The van der Waals surface area contributed by atoms with Crippen LogP contribution in [0.2, 0.25) is 0 Å². The normalized spacial score (nSPS) is 15.5. The Balaban J connectivity index is 1.73. The largest absolute Gasteiger partial charge is 0.573 e. The Morgan fingerprint density at radius 3 is 2.12 bits per heavy atom. The van der Waals surface area contributed by atoms with Crippen LogP contribution in [-0.4, -0.2) is 12.5 Å². The van der Waals surface area contributed by atoms with Gasteiger partial charge >= 0.3 is 6.36 Å². The summed E-state index contributed by atoms with van der Waals surface area (Å²) in [5.41, 5.74) is 8.14. The number of anilines is 1. The summed E-state index contributed by atoms with van der Waals surface area (Å²) < 4.78 is 46.3. The summed E-state index contributed by atoms with van der Waals surface area (Å²) in [5.74, 6) is 0.406. The lowest BCUT2D eigenvalue weighted by Gasteiger charge is -2.15. The SMILES string of the molecule is Nc1cc(-c2ccc(OC(F)(F)F)cc2)ccc1OC1CCCC1. The average molecular weight is 337 g/mol. The second kappa shape index (κ2) is 6.63. The number of nitrogens with two attached hydrogens (primary N) is 1. The van der Waals surface area contributed by atoms with E-state index in [-0.39, 0.29) is 11.9 Å². The van der Waals surface area contributed by atoms with E-state index >= 15 is 0 Å². The maximum absolute atomic E-state index is 12.2. The van der Waals surface area contributed by atoms with E-state index < -0.39 is 6.36 Å². The highest BCUT2D eigenvalue weighted by molar-refractivity contribution is 5.71. The Labute approximate surface area is 138 Å². The smallest absolute Gasteiger partial charge is 0.488 e. The molecule has 0 unspecified atom stereocenters. The van der Waals surface area contributed by atoms with E-state index in [1.54, 1.807) is 18.2 Å². The van der Waals surface area contributed by atoms with Crippen molar-refractivity contribution in [2.45, 2.75) is 38.1 Å². The monoisotopic (exact) mass is 337 g/mol. The van der Waals surface area contributed by atoms with Crippen molar-refractivity contribution in [3.05, 3.63) is 42.5 Å². The van der Waals surface area contributed by atoms with Crippen molar-refractivity contribution in [1.29, 1.82) is 0 Å². The quantitative estimate of drug-likeness (QED) is 0.784. The van der Waals surface area contributed by atoms with E-state index in [4.69, 9.17) is 10.5 Å². The molecule has 2 aromatic carbocycles. The van der Waals surface area contributed by atoms with Crippen molar-refractivity contribution >= 4 is 5.69 Å². The number of hydrogen-bond donors (Lipinski definition) is 1. The molecule has 2 N–H and O–H groups in total. The first-order valence-electron chi connectivity index (χ1n) is 7.83. The zero-order valence-electron chi connectivity index (χ0n) is 13.0. The molecule has 24 heavy (non-hydrogen) atoms. The van der Waals surface area contributed by atoms with Gasteiger partial charge < -0.3 is 15.2 Å². The number of ether oxygens (including phenoxy) is 2. The number of rotatable bonds is 4. The number of benzene rings is 2. The van der Waals surface area contributed by atoms with Gasteiger partial charge in [0.15, 0.2) is 0 Å². The van der Waals surface area contributed by atoms with Gasteiger partial charge in [-0.3, -0.25) is 0 Å². The summed E-state index contributed by atoms with van der Waals surface area (Å²) in [6.07, 6.45) is -0.0317. The third-order valence-electron chi connectivity index (χ3n) is 4.03. The van der Waals surface area contributed by atoms with Crippen molar-refractivity contribution in [1.82, 2.24) is 0 Å². The van der Waals surface area contributed by atoms with Gasteiger partial charge in [-0.2, -0.15) is 0 Å². The summed E-state index contributed by atoms with van der Waals surface area (Å²) in [4.78, 5) is 0. The summed E-state index contributed by atoms with van der Waals surface area (Å²) in [6, 6.07) is 11.1. The molecule has 1 aliphatic rings. The van der Waals surface area contributed by atoms with Gasteiger partial charge in [0.1, 0.15) is 11.5 Å². The predicted octanol–water partition coefficient (Wildman–Crippen LogP) is 5.16. The number of halogens is 3. The highest BCUT2D eigenvalue weighted by Crippen LogP contribution is 2.33. The molecular weight excluding hydrogens is 319 g/mol. The fraction of sp³-hybridized carbons (Fsp3) is 0.333. The van der Waals surface area contributed by atoms with E-state index in [1.807, 2.05) is 12.1 Å². The van der Waals surface area contributed by atoms with E-state index in [0.29, 0.717) is 11.4 Å². The van der Waals surface area contributed by atoms with Gasteiger partial charge in [0.05, 0.1) is 11.8 Å². The molecule has 0 bridgehead atoms. The lowest BCUT2D eigenvalue weighted by atomic mass is 10.0. The maximum Gasteiger partial charge on any atom is 0.573 e. The molecular formula is C18H18F3NO2. The van der Waals surface area contributed by atoms with Gasteiger partial charge in [-0.1, -0.05) is 18.2 Å². The Morgan fingerprint density at radius 2 is 1.54 bits per heavy atom. The molecule has 3 nitrogen and oxygen atoms in total. The first kappa shape index (κ1) is 16.5. The molecule has 0 spiro atoms. The second-order valence-electron chi connectivity index (χ2n) is 5.85. The van der Waals surface area contributed by atoms with Crippen molar-refractivity contribution in [3.63, 3.8) is 0 Å². The summed E-state index contributed by atoms with van der Waals surface area (Å²) in [5, 5.41) is 0. The average Bonchev–Trinajstić information content (AvgIpc) is 3.02. The zero-order valence-corrected chi connectivity index (χ0v) is 13.0. The highest BCUT2D eigenvalue weighted by Gasteiger charge is 2.30. The van der Waals surface area contributed by atoms with Gasteiger partial charge in [0.2, 0.25) is 0 Å². The van der Waals surface area contributed by atoms with Crippen molar-refractivity contribution in [2.75, 3.05) is 5.73 Å². The van der Waals surface area contributed by atoms with Crippen LogP contribution in [-0.2, 0) is 0 Å². The first-order valence-corrected chi connectivity index (χ1v) is 7.83. The van der Waals surface area contributed by atoms with Gasteiger partial charge in [0, 0.05) is 0 Å². The lowest BCUT2D eigenvalue weighted by Crippen LogP contribution is -2.16. The molecule has 1 aliphatic carbocycles. The molecule has 1 saturated carbocycles. The van der Waals surface area contributed by atoms with Crippen LogP contribution in [0, 0.1) is 0 Å². The molecule has 0 atom stereocenters. The topological polar surface area (TPSA) is 44.5 Å². The van der Waals surface area contributed by atoms with Crippen LogP contribution < -0.4 is 15.2 Å². The fourth-order valence-corrected chi connectivity index (χ4v) is 2.87. The Bertz CT molecular complexity index is 692. The minimum atomic E-state index is -4.69. The molecule has 1 fully saturated rings. The van der Waals surface area contributed by atoms with Crippen LogP contribution in [0.25, 0.3) is 11.1 Å². The van der Waals surface area contributed by atoms with Crippen LogP contribution in [0.15, 0.2) is 42.5 Å². The van der Waals surface area contributed by atoms with Crippen LogP contribution in [0.5, 0.6) is 11.5 Å². The van der Waals surface area contributed by atoms with Crippen LogP contribution in [0.3, 0.4) is 0 Å². The standard InChI is InChI=1S/C18H18F3NO2/c19-18(20,21)24-15-8-5-12(6-9-15)13-7-10-17(16(22)11-13)23-14-3-1-2-4-14/h5-11,14H,1-4,22H2. The lowest BCUT2D eigenvalue weighted by molar-refractivity contribution is -0.274. The first-order chi connectivity index (χ1) is 11.4. The summed E-state index contributed by atoms with van der Waals surface area (Å²) in [6.45, 7) is 0. The number of nitrogen functional groups attached to an aromatic ring is 1. The van der Waals surface area contributed by atoms with Crippen molar-refractivity contribution in [2.24, 2.45) is 0 Å². The highest BCUT2D eigenvalue weighted by atomic mass is 19.4. The molecule has 0 amide bonds. The van der Waals surface area contributed by atoms with Gasteiger partial charge in [-0.05, 0) is 61.1 Å². The molecule has 6 heteroatoms. The van der Waals surface area contributed by atoms with Crippen molar-refractivity contribution < 1.29 is 22.6 Å². The van der Waals surface area contributed by atoms with E-state index in [0.717, 1.165) is 24.0 Å². The minimum absolute atomic E-state index is 0.219. The minimum Gasteiger partial charge on any atom is -0.488 e. The predicted molar refractivity (Wildman–Crippen MR) is 85.9 cm³/mol. The van der Waals surface area contributed by atoms with Gasteiger partial charge in [0.25, 0.3) is 0 Å². The third kappa shape index (κ3) is 4.13. The summed E-state index contributed by atoms with van der Waals surface area (Å²) >= 11 is 0. The van der Waals surface area contributed by atoms with Crippen LogP contribution in [0.4, 0.5) is 18.9 Å². The molecule has 0 aliphatic heterocycles. The maximum atomic E-state index is 12.2. The molecule has 0 radical (unpaired) electrons. The van der Waals surface area contributed by atoms with Crippen LogP contribution >= 0.6 is 0 Å². The van der Waals surface area contributed by atoms with E-state index in [1.165, 1.54) is 25.0 Å². The summed E-state index contributed by atoms with van der Waals surface area (Å²) in [7, 11) is 0. The Hall–Kier alpha value is -2.37. The van der Waals surface area contributed by atoms with Gasteiger partial charge in [-0.25, -0.2) is 0 Å². The Kier molecular flexibility index (Phi) is 4.55. The molecule has 3 rings (SSSR count).